The summed E-state index contributed by atoms with van der Waals surface area (Å²) in [6, 6.07) is 4.83. The number of furan rings is 1. The average Bonchev–Trinajstić information content (AvgIpc) is 2.89. The number of ether oxygens (including phenoxy) is 1. The quantitative estimate of drug-likeness (QED) is 0.654. The van der Waals surface area contributed by atoms with Crippen molar-refractivity contribution in [3.05, 3.63) is 50.9 Å². The number of methoxy groups -OCH3 is 1. The third kappa shape index (κ3) is 3.20. The highest BCUT2D eigenvalue weighted by Gasteiger charge is 2.16. The largest absolute Gasteiger partial charge is 0.463 e. The molecule has 2 rings (SSSR count). The standard InChI is InChI=1S/C13H10Cl3NO3/c1-19-13(18)12-7(2-3-20-12)6-17-11-5-9(15)8(14)4-10(11)16/h2-5,17H,6H2,1H3. The fourth-order valence-corrected chi connectivity index (χ4v) is 2.21. The number of carbonyl (C=O) groups is 1. The molecule has 0 saturated carbocycles. The molecular weight excluding hydrogens is 325 g/mol. The summed E-state index contributed by atoms with van der Waals surface area (Å²) in [6.45, 7) is 0.332. The zero-order chi connectivity index (χ0) is 14.7. The molecule has 0 aliphatic heterocycles. The molecule has 0 radical (unpaired) electrons. The van der Waals surface area contributed by atoms with Gasteiger partial charge in [0.15, 0.2) is 0 Å². The molecule has 106 valence electrons. The Morgan fingerprint density at radius 2 is 1.95 bits per heavy atom. The Bertz CT molecular complexity index is 640. The van der Waals surface area contributed by atoms with E-state index >= 15 is 0 Å². The summed E-state index contributed by atoms with van der Waals surface area (Å²) < 4.78 is 9.70. The van der Waals surface area contributed by atoms with Crippen LogP contribution in [0.5, 0.6) is 0 Å². The molecule has 0 aliphatic carbocycles. The van der Waals surface area contributed by atoms with Gasteiger partial charge in [-0.1, -0.05) is 34.8 Å². The van der Waals surface area contributed by atoms with Gasteiger partial charge in [0.05, 0.1) is 34.1 Å². The van der Waals surface area contributed by atoms with Crippen LogP contribution in [0, 0.1) is 0 Å². The van der Waals surface area contributed by atoms with Crippen molar-refractivity contribution in [2.75, 3.05) is 12.4 Å². The van der Waals surface area contributed by atoms with E-state index in [1.165, 1.54) is 13.4 Å². The van der Waals surface area contributed by atoms with Gasteiger partial charge in [-0.2, -0.15) is 0 Å². The number of nitrogens with one attached hydrogen (secondary N) is 1. The first kappa shape index (κ1) is 15.0. The molecule has 0 bridgehead atoms. The van der Waals surface area contributed by atoms with Gasteiger partial charge in [0.1, 0.15) is 0 Å². The minimum atomic E-state index is -0.535. The molecule has 1 aromatic heterocycles. The summed E-state index contributed by atoms with van der Waals surface area (Å²) >= 11 is 17.8. The summed E-state index contributed by atoms with van der Waals surface area (Å²) in [6.07, 6.45) is 1.42. The molecule has 0 amide bonds. The minimum absolute atomic E-state index is 0.149. The smallest absolute Gasteiger partial charge is 0.374 e. The lowest BCUT2D eigenvalue weighted by molar-refractivity contribution is 0.0563. The van der Waals surface area contributed by atoms with E-state index in [9.17, 15) is 4.79 Å². The molecule has 1 heterocycles. The number of carbonyl (C=O) groups excluding carboxylic acids is 1. The number of hydrogen-bond acceptors (Lipinski definition) is 4. The lowest BCUT2D eigenvalue weighted by atomic mass is 10.2. The van der Waals surface area contributed by atoms with E-state index < -0.39 is 5.97 Å². The molecule has 1 N–H and O–H groups in total. The highest BCUT2D eigenvalue weighted by molar-refractivity contribution is 6.44. The molecule has 20 heavy (non-hydrogen) atoms. The number of anilines is 1. The second-order valence-corrected chi connectivity index (χ2v) is 5.09. The topological polar surface area (TPSA) is 51.5 Å². The first-order valence-corrected chi connectivity index (χ1v) is 6.69. The highest BCUT2D eigenvalue weighted by Crippen LogP contribution is 2.32. The maximum absolute atomic E-state index is 11.5. The number of esters is 1. The third-order valence-electron chi connectivity index (χ3n) is 2.60. The summed E-state index contributed by atoms with van der Waals surface area (Å²) in [7, 11) is 1.29. The van der Waals surface area contributed by atoms with Gasteiger partial charge >= 0.3 is 5.97 Å². The first-order chi connectivity index (χ1) is 9.52. The number of rotatable bonds is 4. The second kappa shape index (κ2) is 6.39. The van der Waals surface area contributed by atoms with Crippen molar-refractivity contribution in [1.82, 2.24) is 0 Å². The van der Waals surface area contributed by atoms with E-state index in [1.54, 1.807) is 18.2 Å². The van der Waals surface area contributed by atoms with Crippen LogP contribution in [-0.2, 0) is 11.3 Å². The normalized spacial score (nSPS) is 10.4. The van der Waals surface area contributed by atoms with E-state index in [-0.39, 0.29) is 5.76 Å². The van der Waals surface area contributed by atoms with Crippen LogP contribution >= 0.6 is 34.8 Å². The number of benzene rings is 1. The van der Waals surface area contributed by atoms with Gasteiger partial charge in [0, 0.05) is 12.1 Å². The molecule has 4 nitrogen and oxygen atoms in total. The fourth-order valence-electron chi connectivity index (χ4n) is 1.60. The van der Waals surface area contributed by atoms with E-state index in [0.29, 0.717) is 32.9 Å². The van der Waals surface area contributed by atoms with Crippen LogP contribution in [0.25, 0.3) is 0 Å². The Morgan fingerprint density at radius 1 is 1.25 bits per heavy atom. The molecule has 0 saturated heterocycles. The Morgan fingerprint density at radius 3 is 2.65 bits per heavy atom. The van der Waals surface area contributed by atoms with E-state index in [4.69, 9.17) is 39.2 Å². The van der Waals surface area contributed by atoms with Crippen molar-refractivity contribution in [2.24, 2.45) is 0 Å². The van der Waals surface area contributed by atoms with Crippen LogP contribution < -0.4 is 5.32 Å². The minimum Gasteiger partial charge on any atom is -0.463 e. The molecule has 0 unspecified atom stereocenters. The molecule has 0 spiro atoms. The van der Waals surface area contributed by atoms with E-state index in [0.717, 1.165) is 0 Å². The van der Waals surface area contributed by atoms with Gasteiger partial charge in [-0.25, -0.2) is 4.79 Å². The third-order valence-corrected chi connectivity index (χ3v) is 3.63. The van der Waals surface area contributed by atoms with Gasteiger partial charge in [0.25, 0.3) is 0 Å². The Kier molecular flexibility index (Phi) is 4.81. The van der Waals surface area contributed by atoms with Crippen LogP contribution in [0.2, 0.25) is 15.1 Å². The fraction of sp³-hybridized carbons (Fsp3) is 0.154. The molecule has 1 aromatic carbocycles. The number of hydrogen-bond donors (Lipinski definition) is 1. The second-order valence-electron chi connectivity index (χ2n) is 3.87. The molecule has 0 aliphatic rings. The predicted molar refractivity (Wildman–Crippen MR) is 78.8 cm³/mol. The van der Waals surface area contributed by atoms with Crippen LogP contribution in [-0.4, -0.2) is 13.1 Å². The summed E-state index contributed by atoms with van der Waals surface area (Å²) in [5.41, 5.74) is 1.26. The molecule has 2 aromatic rings. The van der Waals surface area contributed by atoms with E-state index in [1.807, 2.05) is 0 Å². The monoisotopic (exact) mass is 333 g/mol. The van der Waals surface area contributed by atoms with Crippen LogP contribution in [0.15, 0.2) is 28.9 Å². The summed E-state index contributed by atoms with van der Waals surface area (Å²) in [4.78, 5) is 11.5. The Labute approximate surface area is 130 Å². The van der Waals surface area contributed by atoms with Crippen LogP contribution in [0.3, 0.4) is 0 Å². The van der Waals surface area contributed by atoms with Gasteiger partial charge < -0.3 is 14.5 Å². The van der Waals surface area contributed by atoms with Crippen molar-refractivity contribution in [1.29, 1.82) is 0 Å². The lowest BCUT2D eigenvalue weighted by Crippen LogP contribution is -2.07. The average molecular weight is 335 g/mol. The Hall–Kier alpha value is -1.36. The van der Waals surface area contributed by atoms with Gasteiger partial charge in [-0.05, 0) is 18.2 Å². The maximum Gasteiger partial charge on any atom is 0.374 e. The lowest BCUT2D eigenvalue weighted by Gasteiger charge is -2.09. The number of halogens is 3. The van der Waals surface area contributed by atoms with Crippen molar-refractivity contribution >= 4 is 46.5 Å². The SMILES string of the molecule is COC(=O)c1occc1CNc1cc(Cl)c(Cl)cc1Cl. The summed E-state index contributed by atoms with van der Waals surface area (Å²) in [5.74, 6) is -0.386. The zero-order valence-corrected chi connectivity index (χ0v) is 12.6. The first-order valence-electron chi connectivity index (χ1n) is 5.56. The van der Waals surface area contributed by atoms with Gasteiger partial charge in [-0.3, -0.25) is 0 Å². The summed E-state index contributed by atoms with van der Waals surface area (Å²) in [5, 5.41) is 4.26. The zero-order valence-electron chi connectivity index (χ0n) is 10.4. The van der Waals surface area contributed by atoms with Crippen LogP contribution in [0.1, 0.15) is 16.1 Å². The molecular formula is C13H10Cl3NO3. The molecule has 0 atom stereocenters. The van der Waals surface area contributed by atoms with Gasteiger partial charge in [-0.15, -0.1) is 0 Å². The van der Waals surface area contributed by atoms with Crippen molar-refractivity contribution in [2.45, 2.75) is 6.54 Å². The highest BCUT2D eigenvalue weighted by atomic mass is 35.5. The molecule has 0 fully saturated rings. The van der Waals surface area contributed by atoms with Crippen LogP contribution in [0.4, 0.5) is 5.69 Å². The Balaban J connectivity index is 2.15. The predicted octanol–water partition coefficient (Wildman–Crippen LogP) is 4.64. The van der Waals surface area contributed by atoms with Crippen molar-refractivity contribution in [3.8, 4) is 0 Å². The van der Waals surface area contributed by atoms with Crippen molar-refractivity contribution < 1.29 is 13.9 Å². The van der Waals surface area contributed by atoms with Crippen molar-refractivity contribution in [3.63, 3.8) is 0 Å². The van der Waals surface area contributed by atoms with Gasteiger partial charge in [0.2, 0.25) is 5.76 Å². The van der Waals surface area contributed by atoms with E-state index in [2.05, 4.69) is 10.1 Å². The molecule has 7 heteroatoms. The maximum atomic E-state index is 11.5.